The van der Waals surface area contributed by atoms with Gasteiger partial charge in [0.2, 0.25) is 0 Å². The first-order valence-electron chi connectivity index (χ1n) is 8.96. The molecular formula is C19H28ClF3O4Si. The summed E-state index contributed by atoms with van der Waals surface area (Å²) in [6.45, 7) is 8.08. The van der Waals surface area contributed by atoms with Crippen LogP contribution in [0.4, 0.5) is 13.2 Å². The smallest absolute Gasteiger partial charge is 0.427 e. The summed E-state index contributed by atoms with van der Waals surface area (Å²) in [5.41, 5.74) is -3.90. The Kier molecular flexibility index (Phi) is 7.64. The number of hydrogen-bond donors (Lipinski definition) is 1. The number of carboxylic acid groups (broad SMARTS) is 1. The van der Waals surface area contributed by atoms with Crippen molar-refractivity contribution in [2.24, 2.45) is 0 Å². The molecule has 9 heteroatoms. The molecule has 0 bridgehead atoms. The van der Waals surface area contributed by atoms with Crippen molar-refractivity contribution in [1.29, 1.82) is 0 Å². The standard InChI is InChI=1S/C19H28ClF3O4Si/c1-7-10-17(2,13-8-9-14(20)15(11-13)26-3)12-18(16(24)25,19(21,22)23)27-28(4,5)6/h8-9,11H,7,10,12H2,1-6H3,(H,24,25). The van der Waals surface area contributed by atoms with E-state index in [0.29, 0.717) is 29.2 Å². The van der Waals surface area contributed by atoms with Gasteiger partial charge in [0.1, 0.15) is 5.75 Å². The molecule has 2 atom stereocenters. The molecule has 0 radical (unpaired) electrons. The Morgan fingerprint density at radius 1 is 1.25 bits per heavy atom. The summed E-state index contributed by atoms with van der Waals surface area (Å²) in [5.74, 6) is -1.70. The van der Waals surface area contributed by atoms with Gasteiger partial charge >= 0.3 is 12.1 Å². The third-order valence-corrected chi connectivity index (χ3v) is 5.85. The minimum atomic E-state index is -5.08. The number of hydrogen-bond acceptors (Lipinski definition) is 3. The number of halogens is 4. The van der Waals surface area contributed by atoms with Crippen LogP contribution in [0.2, 0.25) is 24.7 Å². The predicted octanol–water partition coefficient (Wildman–Crippen LogP) is 6.03. The highest BCUT2D eigenvalue weighted by Crippen LogP contribution is 2.47. The molecule has 1 aromatic carbocycles. The van der Waals surface area contributed by atoms with E-state index in [9.17, 15) is 23.1 Å². The summed E-state index contributed by atoms with van der Waals surface area (Å²) < 4.78 is 52.9. The van der Waals surface area contributed by atoms with Gasteiger partial charge < -0.3 is 14.3 Å². The zero-order valence-electron chi connectivity index (χ0n) is 17.0. The third kappa shape index (κ3) is 5.42. The van der Waals surface area contributed by atoms with Crippen LogP contribution in [0.15, 0.2) is 18.2 Å². The van der Waals surface area contributed by atoms with Gasteiger partial charge in [-0.25, -0.2) is 4.79 Å². The summed E-state index contributed by atoms with van der Waals surface area (Å²) in [7, 11) is -1.45. The molecule has 1 rings (SSSR count). The monoisotopic (exact) mass is 440 g/mol. The van der Waals surface area contributed by atoms with Gasteiger partial charge in [-0.15, -0.1) is 0 Å². The molecular weight excluding hydrogens is 413 g/mol. The van der Waals surface area contributed by atoms with Crippen LogP contribution in [0.1, 0.15) is 38.7 Å². The van der Waals surface area contributed by atoms with Crippen molar-refractivity contribution < 1.29 is 32.2 Å². The zero-order valence-corrected chi connectivity index (χ0v) is 18.8. The van der Waals surface area contributed by atoms with Crippen LogP contribution in [0.25, 0.3) is 0 Å². The van der Waals surface area contributed by atoms with Crippen LogP contribution in [-0.2, 0) is 14.6 Å². The number of methoxy groups -OCH3 is 1. The molecule has 160 valence electrons. The summed E-state index contributed by atoms with van der Waals surface area (Å²) in [6.07, 6.45) is -4.94. The lowest BCUT2D eigenvalue weighted by atomic mass is 9.70. The fourth-order valence-electron chi connectivity index (χ4n) is 3.43. The van der Waals surface area contributed by atoms with Crippen LogP contribution in [0.3, 0.4) is 0 Å². The van der Waals surface area contributed by atoms with E-state index < -0.39 is 37.9 Å². The van der Waals surface area contributed by atoms with Crippen molar-refractivity contribution in [3.05, 3.63) is 28.8 Å². The summed E-state index contributed by atoms with van der Waals surface area (Å²) in [6, 6.07) is 4.71. The van der Waals surface area contributed by atoms with Gasteiger partial charge in [0, 0.05) is 6.42 Å². The second-order valence-electron chi connectivity index (χ2n) is 8.18. The lowest BCUT2D eigenvalue weighted by molar-refractivity contribution is -0.259. The lowest BCUT2D eigenvalue weighted by Gasteiger charge is -2.43. The van der Waals surface area contributed by atoms with Gasteiger partial charge in [0.25, 0.3) is 5.60 Å². The Bertz CT molecular complexity index is 705. The fraction of sp³-hybridized carbons (Fsp3) is 0.632. The molecule has 0 aliphatic carbocycles. The quantitative estimate of drug-likeness (QED) is 0.476. The van der Waals surface area contributed by atoms with E-state index >= 15 is 0 Å². The third-order valence-electron chi connectivity index (χ3n) is 4.57. The molecule has 0 heterocycles. The maximum Gasteiger partial charge on any atom is 0.427 e. The van der Waals surface area contributed by atoms with E-state index in [-0.39, 0.29) is 0 Å². The van der Waals surface area contributed by atoms with Crippen LogP contribution in [0, 0.1) is 0 Å². The molecule has 0 fully saturated rings. The number of aliphatic carboxylic acids is 1. The highest BCUT2D eigenvalue weighted by Gasteiger charge is 2.65. The first-order chi connectivity index (χ1) is 12.6. The number of ether oxygens (including phenoxy) is 1. The molecule has 0 aliphatic rings. The second kappa shape index (κ2) is 8.63. The van der Waals surface area contributed by atoms with E-state index in [1.165, 1.54) is 7.11 Å². The molecule has 1 aromatic rings. The minimum absolute atomic E-state index is 0.320. The Morgan fingerprint density at radius 3 is 2.21 bits per heavy atom. The van der Waals surface area contributed by atoms with Crippen LogP contribution in [0.5, 0.6) is 5.75 Å². The highest BCUT2D eigenvalue weighted by molar-refractivity contribution is 6.70. The fourth-order valence-corrected chi connectivity index (χ4v) is 4.94. The molecule has 0 spiro atoms. The van der Waals surface area contributed by atoms with Gasteiger partial charge in [0.15, 0.2) is 8.32 Å². The molecule has 0 aliphatic heterocycles. The molecule has 0 amide bonds. The number of benzene rings is 1. The molecule has 0 saturated carbocycles. The van der Waals surface area contributed by atoms with Gasteiger partial charge in [0.05, 0.1) is 12.1 Å². The van der Waals surface area contributed by atoms with E-state index in [1.807, 2.05) is 6.92 Å². The van der Waals surface area contributed by atoms with Crippen LogP contribution in [-0.4, -0.2) is 38.3 Å². The van der Waals surface area contributed by atoms with E-state index in [2.05, 4.69) is 0 Å². The van der Waals surface area contributed by atoms with Crippen molar-refractivity contribution in [1.82, 2.24) is 0 Å². The minimum Gasteiger partial charge on any atom is -0.495 e. The lowest BCUT2D eigenvalue weighted by Crippen LogP contribution is -2.61. The maximum absolute atomic E-state index is 14.1. The second-order valence-corrected chi connectivity index (χ2v) is 13.0. The van der Waals surface area contributed by atoms with Crippen molar-refractivity contribution in [2.45, 2.75) is 69.9 Å². The molecule has 28 heavy (non-hydrogen) atoms. The number of rotatable bonds is 9. The van der Waals surface area contributed by atoms with Gasteiger partial charge in [-0.05, 0) is 49.2 Å². The molecule has 4 nitrogen and oxygen atoms in total. The van der Waals surface area contributed by atoms with Gasteiger partial charge in [-0.3, -0.25) is 0 Å². The normalized spacial score (nSPS) is 16.9. The number of carbonyl (C=O) groups is 1. The molecule has 2 unspecified atom stereocenters. The Morgan fingerprint density at radius 2 is 1.82 bits per heavy atom. The summed E-state index contributed by atoms with van der Waals surface area (Å²) in [4.78, 5) is 12.0. The Balaban J connectivity index is 3.62. The summed E-state index contributed by atoms with van der Waals surface area (Å²) in [5, 5.41) is 10.0. The zero-order chi connectivity index (χ0) is 22.0. The van der Waals surface area contributed by atoms with E-state index in [1.54, 1.807) is 44.8 Å². The largest absolute Gasteiger partial charge is 0.495 e. The first kappa shape index (κ1) is 24.8. The van der Waals surface area contributed by atoms with Crippen molar-refractivity contribution >= 4 is 25.9 Å². The SMILES string of the molecule is CCCC(C)(CC(O[Si](C)(C)C)(C(=O)O)C(F)(F)F)c1ccc(Cl)c(OC)c1. The Labute approximate surface area is 170 Å². The highest BCUT2D eigenvalue weighted by atomic mass is 35.5. The predicted molar refractivity (Wildman–Crippen MR) is 106 cm³/mol. The van der Waals surface area contributed by atoms with Crippen molar-refractivity contribution in [3.8, 4) is 5.75 Å². The van der Waals surface area contributed by atoms with Crippen LogP contribution < -0.4 is 4.74 Å². The van der Waals surface area contributed by atoms with Crippen molar-refractivity contribution in [2.75, 3.05) is 7.11 Å². The van der Waals surface area contributed by atoms with Gasteiger partial charge in [-0.1, -0.05) is 37.9 Å². The maximum atomic E-state index is 14.1. The number of alkyl halides is 3. The molecule has 0 saturated heterocycles. The summed E-state index contributed by atoms with van der Waals surface area (Å²) >= 11 is 6.05. The van der Waals surface area contributed by atoms with Crippen LogP contribution >= 0.6 is 11.6 Å². The van der Waals surface area contributed by atoms with Gasteiger partial charge in [-0.2, -0.15) is 13.2 Å². The average molecular weight is 441 g/mol. The van der Waals surface area contributed by atoms with Crippen molar-refractivity contribution in [3.63, 3.8) is 0 Å². The Hall–Kier alpha value is -1.25. The topological polar surface area (TPSA) is 55.8 Å². The first-order valence-corrected chi connectivity index (χ1v) is 12.7. The van der Waals surface area contributed by atoms with E-state index in [0.717, 1.165) is 0 Å². The molecule has 1 N–H and O–H groups in total. The number of carboxylic acids is 1. The van der Waals surface area contributed by atoms with E-state index in [4.69, 9.17) is 20.8 Å². The molecule has 0 aromatic heterocycles. The average Bonchev–Trinajstić information content (AvgIpc) is 2.52.